The van der Waals surface area contributed by atoms with Gasteiger partial charge >= 0.3 is 0 Å². The molecule has 0 bridgehead atoms. The fraction of sp³-hybridized carbons (Fsp3) is 0.500. The van der Waals surface area contributed by atoms with Crippen LogP contribution in [-0.4, -0.2) is 38.4 Å². The molecule has 2 aliphatic heterocycles. The third kappa shape index (κ3) is 2.28. The molecule has 6 heteroatoms. The Morgan fingerprint density at radius 2 is 2.50 bits per heavy atom. The van der Waals surface area contributed by atoms with E-state index in [-0.39, 0.29) is 22.7 Å². The first-order chi connectivity index (χ1) is 9.60. The number of thioether (sulfide) groups is 1. The molecule has 20 heavy (non-hydrogen) atoms. The predicted molar refractivity (Wildman–Crippen MR) is 76.8 cm³/mol. The number of nitrogens with one attached hydrogen (secondary N) is 1. The van der Waals surface area contributed by atoms with E-state index < -0.39 is 0 Å². The Bertz CT molecular complexity index is 536. The highest BCUT2D eigenvalue weighted by Gasteiger charge is 2.52. The van der Waals surface area contributed by atoms with Crippen molar-refractivity contribution in [1.29, 1.82) is 0 Å². The lowest BCUT2D eigenvalue weighted by Gasteiger charge is -2.29. The summed E-state index contributed by atoms with van der Waals surface area (Å²) in [5.74, 6) is 0.709. The number of pyridine rings is 1. The fourth-order valence-electron chi connectivity index (χ4n) is 2.82. The molecule has 1 aromatic heterocycles. The van der Waals surface area contributed by atoms with Crippen LogP contribution in [0.1, 0.15) is 25.3 Å². The van der Waals surface area contributed by atoms with Gasteiger partial charge in [-0.25, -0.2) is 0 Å². The number of carbonyl (C=O) groups excluding carboxylic acids is 2. The summed E-state index contributed by atoms with van der Waals surface area (Å²) in [6.07, 6.45) is 4.82. The van der Waals surface area contributed by atoms with E-state index in [0.29, 0.717) is 18.7 Å². The second-order valence-corrected chi connectivity index (χ2v) is 6.85. The van der Waals surface area contributed by atoms with Gasteiger partial charge in [-0.05, 0) is 25.0 Å². The van der Waals surface area contributed by atoms with Gasteiger partial charge in [0, 0.05) is 31.1 Å². The van der Waals surface area contributed by atoms with Crippen molar-refractivity contribution in [1.82, 2.24) is 15.2 Å². The molecule has 0 aliphatic carbocycles. The van der Waals surface area contributed by atoms with E-state index in [9.17, 15) is 9.59 Å². The average molecular weight is 291 g/mol. The first-order valence-corrected chi connectivity index (χ1v) is 7.71. The monoisotopic (exact) mass is 291 g/mol. The summed E-state index contributed by atoms with van der Waals surface area (Å²) in [6.45, 7) is 2.50. The van der Waals surface area contributed by atoms with Crippen LogP contribution < -0.4 is 5.32 Å². The molecule has 2 atom stereocenters. The number of fused-ring (bicyclic) bond motifs is 1. The molecule has 0 spiro atoms. The number of rotatable bonds is 3. The summed E-state index contributed by atoms with van der Waals surface area (Å²) < 4.78 is 0. The third-order valence-electron chi connectivity index (χ3n) is 3.94. The van der Waals surface area contributed by atoms with Crippen molar-refractivity contribution in [3.8, 4) is 0 Å². The molecule has 0 saturated carbocycles. The number of hydrogen-bond acceptors (Lipinski definition) is 4. The maximum Gasteiger partial charge on any atom is 0.243 e. The molecule has 0 radical (unpaired) electrons. The van der Waals surface area contributed by atoms with Gasteiger partial charge in [0.05, 0.1) is 4.87 Å². The summed E-state index contributed by atoms with van der Waals surface area (Å²) in [7, 11) is 0. The Balaban J connectivity index is 1.65. The second kappa shape index (κ2) is 5.09. The Labute approximate surface area is 122 Å². The SMILES string of the molecule is C[C@@]12CCC(=O)N1[C@H](C(=O)NCc1cccnc1)CS2. The Morgan fingerprint density at radius 3 is 3.25 bits per heavy atom. The second-order valence-electron chi connectivity index (χ2n) is 5.34. The van der Waals surface area contributed by atoms with Gasteiger partial charge in [-0.3, -0.25) is 14.6 Å². The van der Waals surface area contributed by atoms with Crippen LogP contribution in [-0.2, 0) is 16.1 Å². The standard InChI is InChI=1S/C14H17N3O2S/c1-14-5-4-12(18)17(14)11(9-20-14)13(19)16-8-10-3-2-6-15-7-10/h2-3,6-7,11H,4-5,8-9H2,1H3,(H,16,19)/t11-,14+/m0/s1. The highest BCUT2D eigenvalue weighted by Crippen LogP contribution is 2.47. The van der Waals surface area contributed by atoms with Gasteiger partial charge in [0.25, 0.3) is 0 Å². The van der Waals surface area contributed by atoms with Crippen molar-refractivity contribution >= 4 is 23.6 Å². The highest BCUT2D eigenvalue weighted by molar-refractivity contribution is 8.01. The smallest absolute Gasteiger partial charge is 0.243 e. The zero-order valence-corrected chi connectivity index (χ0v) is 12.2. The average Bonchev–Trinajstić information content (AvgIpc) is 2.95. The zero-order valence-electron chi connectivity index (χ0n) is 11.3. The maximum absolute atomic E-state index is 12.3. The van der Waals surface area contributed by atoms with Crippen LogP contribution in [0.15, 0.2) is 24.5 Å². The topological polar surface area (TPSA) is 62.3 Å². The normalized spacial score (nSPS) is 28.6. The van der Waals surface area contributed by atoms with E-state index in [1.807, 2.05) is 12.1 Å². The lowest BCUT2D eigenvalue weighted by atomic mass is 10.2. The molecule has 106 valence electrons. The van der Waals surface area contributed by atoms with Crippen LogP contribution in [0, 0.1) is 0 Å². The van der Waals surface area contributed by atoms with Crippen LogP contribution in [0.5, 0.6) is 0 Å². The minimum absolute atomic E-state index is 0.0691. The van der Waals surface area contributed by atoms with Crippen molar-refractivity contribution < 1.29 is 9.59 Å². The first-order valence-electron chi connectivity index (χ1n) is 6.73. The summed E-state index contributed by atoms with van der Waals surface area (Å²) in [6, 6.07) is 3.42. The maximum atomic E-state index is 12.3. The Hall–Kier alpha value is -1.56. The van der Waals surface area contributed by atoms with Crippen molar-refractivity contribution in [3.05, 3.63) is 30.1 Å². The van der Waals surface area contributed by atoms with Gasteiger partial charge < -0.3 is 10.2 Å². The molecule has 2 fully saturated rings. The number of hydrogen-bond donors (Lipinski definition) is 1. The Morgan fingerprint density at radius 1 is 1.65 bits per heavy atom. The third-order valence-corrected chi connectivity index (χ3v) is 5.44. The van der Waals surface area contributed by atoms with E-state index in [1.165, 1.54) is 0 Å². The van der Waals surface area contributed by atoms with E-state index in [1.54, 1.807) is 29.1 Å². The molecule has 3 rings (SSSR count). The summed E-state index contributed by atoms with van der Waals surface area (Å²) >= 11 is 1.71. The van der Waals surface area contributed by atoms with E-state index >= 15 is 0 Å². The fourth-order valence-corrected chi connectivity index (χ4v) is 4.26. The molecule has 0 aromatic carbocycles. The van der Waals surface area contributed by atoms with E-state index in [0.717, 1.165) is 12.0 Å². The van der Waals surface area contributed by atoms with Crippen molar-refractivity contribution in [2.45, 2.75) is 37.2 Å². The summed E-state index contributed by atoms with van der Waals surface area (Å²) in [5.41, 5.74) is 0.960. The minimum Gasteiger partial charge on any atom is -0.350 e. The van der Waals surface area contributed by atoms with Crippen LogP contribution in [0.25, 0.3) is 0 Å². The van der Waals surface area contributed by atoms with E-state index in [2.05, 4.69) is 17.2 Å². The molecule has 2 amide bonds. The first kappa shape index (κ1) is 13.4. The van der Waals surface area contributed by atoms with Gasteiger partial charge in [-0.1, -0.05) is 6.07 Å². The van der Waals surface area contributed by atoms with Crippen molar-refractivity contribution in [2.75, 3.05) is 5.75 Å². The largest absolute Gasteiger partial charge is 0.350 e. The van der Waals surface area contributed by atoms with Gasteiger partial charge in [0.1, 0.15) is 6.04 Å². The minimum atomic E-state index is -0.336. The van der Waals surface area contributed by atoms with Crippen molar-refractivity contribution in [3.63, 3.8) is 0 Å². The van der Waals surface area contributed by atoms with Crippen LogP contribution in [0.3, 0.4) is 0 Å². The molecule has 5 nitrogen and oxygen atoms in total. The van der Waals surface area contributed by atoms with Crippen LogP contribution >= 0.6 is 11.8 Å². The molecule has 2 saturated heterocycles. The van der Waals surface area contributed by atoms with Crippen LogP contribution in [0.4, 0.5) is 0 Å². The molecule has 1 N–H and O–H groups in total. The predicted octanol–water partition coefficient (Wildman–Crippen LogP) is 1.15. The Kier molecular flexibility index (Phi) is 3.41. The lowest BCUT2D eigenvalue weighted by Crippen LogP contribution is -2.49. The number of carbonyl (C=O) groups is 2. The highest BCUT2D eigenvalue weighted by atomic mass is 32.2. The van der Waals surface area contributed by atoms with Gasteiger partial charge in [0.15, 0.2) is 0 Å². The van der Waals surface area contributed by atoms with E-state index in [4.69, 9.17) is 0 Å². The molecule has 0 unspecified atom stereocenters. The van der Waals surface area contributed by atoms with Gasteiger partial charge in [-0.15, -0.1) is 11.8 Å². The zero-order chi connectivity index (χ0) is 14.2. The molecule has 3 heterocycles. The molecular formula is C14H17N3O2S. The molecular weight excluding hydrogens is 274 g/mol. The van der Waals surface area contributed by atoms with Gasteiger partial charge in [0.2, 0.25) is 11.8 Å². The van der Waals surface area contributed by atoms with Gasteiger partial charge in [-0.2, -0.15) is 0 Å². The number of amides is 2. The number of aromatic nitrogens is 1. The van der Waals surface area contributed by atoms with Crippen LogP contribution in [0.2, 0.25) is 0 Å². The molecule has 1 aromatic rings. The summed E-state index contributed by atoms with van der Waals surface area (Å²) in [4.78, 5) is 29.9. The summed E-state index contributed by atoms with van der Waals surface area (Å²) in [5, 5.41) is 2.91. The molecule has 2 aliphatic rings. The van der Waals surface area contributed by atoms with Crippen molar-refractivity contribution in [2.24, 2.45) is 0 Å². The quantitative estimate of drug-likeness (QED) is 0.907. The number of nitrogens with zero attached hydrogens (tertiary/aromatic N) is 2. The lowest BCUT2D eigenvalue weighted by molar-refractivity contribution is -0.138.